The van der Waals surface area contributed by atoms with E-state index in [1.165, 1.54) is 0 Å². The van der Waals surface area contributed by atoms with Gasteiger partial charge in [-0.25, -0.2) is 0 Å². The minimum absolute atomic E-state index is 0.0572. The van der Waals surface area contributed by atoms with Crippen molar-refractivity contribution in [3.63, 3.8) is 0 Å². The molecule has 0 aliphatic carbocycles. The lowest BCUT2D eigenvalue weighted by Gasteiger charge is -2.01. The fourth-order valence-corrected chi connectivity index (χ4v) is 2.09. The maximum absolute atomic E-state index is 9.47. The summed E-state index contributed by atoms with van der Waals surface area (Å²) >= 11 is 0. The van der Waals surface area contributed by atoms with E-state index in [1.807, 2.05) is 13.0 Å². The zero-order chi connectivity index (χ0) is 12.5. The Balaban J connectivity index is 1.88. The van der Waals surface area contributed by atoms with E-state index in [-0.39, 0.29) is 12.1 Å². The van der Waals surface area contributed by atoms with Crippen molar-refractivity contribution < 1.29 is 9.63 Å². The van der Waals surface area contributed by atoms with Crippen LogP contribution in [0.15, 0.2) is 23.0 Å². The van der Waals surface area contributed by atoms with Crippen molar-refractivity contribution in [1.82, 2.24) is 20.4 Å². The molecular weight excluding hydrogens is 232 g/mol. The zero-order valence-corrected chi connectivity index (χ0v) is 10.00. The average Bonchev–Trinajstić information content (AvgIpc) is 2.98. The highest BCUT2D eigenvalue weighted by Gasteiger charge is 2.28. The van der Waals surface area contributed by atoms with E-state index in [0.29, 0.717) is 24.7 Å². The third-order valence-electron chi connectivity index (χ3n) is 3.13. The lowest BCUT2D eigenvalue weighted by atomic mass is 10.1. The Morgan fingerprint density at radius 2 is 2.39 bits per heavy atom. The van der Waals surface area contributed by atoms with Crippen molar-refractivity contribution in [2.75, 3.05) is 6.54 Å². The van der Waals surface area contributed by atoms with E-state index >= 15 is 0 Å². The molecule has 2 aromatic heterocycles. The molecule has 0 radical (unpaired) electrons. The first kappa shape index (κ1) is 11.3. The number of nitrogens with zero attached hydrogens (tertiary/aromatic N) is 3. The van der Waals surface area contributed by atoms with Gasteiger partial charge in [0.25, 0.3) is 0 Å². The first-order valence-electron chi connectivity index (χ1n) is 5.90. The van der Waals surface area contributed by atoms with Crippen LogP contribution in [0.3, 0.4) is 0 Å². The van der Waals surface area contributed by atoms with E-state index in [0.717, 1.165) is 11.1 Å². The summed E-state index contributed by atoms with van der Waals surface area (Å²) in [4.78, 5) is 8.43. The number of hydrogen-bond donors (Lipinski definition) is 2. The second-order valence-corrected chi connectivity index (χ2v) is 4.50. The summed E-state index contributed by atoms with van der Waals surface area (Å²) in [5.74, 6) is 1.06. The molecule has 1 fully saturated rings. The smallest absolute Gasteiger partial charge is 0.244 e. The van der Waals surface area contributed by atoms with Crippen LogP contribution in [-0.4, -0.2) is 32.9 Å². The third kappa shape index (κ3) is 2.00. The highest BCUT2D eigenvalue weighted by Crippen LogP contribution is 2.25. The predicted octanol–water partition coefficient (Wildman–Crippen LogP) is 0.835. The van der Waals surface area contributed by atoms with Crippen LogP contribution in [0.1, 0.15) is 23.9 Å². The Hall–Kier alpha value is -1.79. The lowest BCUT2D eigenvalue weighted by molar-refractivity contribution is 0.191. The van der Waals surface area contributed by atoms with Crippen LogP contribution in [0.5, 0.6) is 0 Å². The molecule has 0 saturated carbocycles. The van der Waals surface area contributed by atoms with Gasteiger partial charge in [0, 0.05) is 24.5 Å². The first-order chi connectivity index (χ1) is 8.74. The van der Waals surface area contributed by atoms with Gasteiger partial charge in [0.2, 0.25) is 11.7 Å². The zero-order valence-electron chi connectivity index (χ0n) is 10.00. The van der Waals surface area contributed by atoms with Crippen LogP contribution in [0.2, 0.25) is 0 Å². The number of aromatic nitrogens is 3. The second kappa shape index (κ2) is 4.47. The van der Waals surface area contributed by atoms with E-state index in [1.54, 1.807) is 12.4 Å². The molecule has 1 aliphatic rings. The van der Waals surface area contributed by atoms with Gasteiger partial charge < -0.3 is 14.9 Å². The molecule has 2 atom stereocenters. The Bertz CT molecular complexity index is 555. The quantitative estimate of drug-likeness (QED) is 0.816. The summed E-state index contributed by atoms with van der Waals surface area (Å²) in [6.07, 6.45) is 3.72. The summed E-state index contributed by atoms with van der Waals surface area (Å²) in [6.45, 7) is 2.54. The van der Waals surface area contributed by atoms with Gasteiger partial charge in [-0.3, -0.25) is 4.98 Å². The predicted molar refractivity (Wildman–Crippen MR) is 63.6 cm³/mol. The second-order valence-electron chi connectivity index (χ2n) is 4.50. The summed E-state index contributed by atoms with van der Waals surface area (Å²) in [5.41, 5.74) is 1.92. The van der Waals surface area contributed by atoms with Gasteiger partial charge in [-0.05, 0) is 25.0 Å². The van der Waals surface area contributed by atoms with E-state index in [9.17, 15) is 5.11 Å². The molecule has 0 spiro atoms. The molecule has 3 rings (SSSR count). The van der Waals surface area contributed by atoms with Gasteiger partial charge in [-0.15, -0.1) is 0 Å². The van der Waals surface area contributed by atoms with Crippen molar-refractivity contribution in [3.8, 4) is 11.4 Å². The molecule has 2 unspecified atom stereocenters. The summed E-state index contributed by atoms with van der Waals surface area (Å²) in [6, 6.07) is 1.85. The van der Waals surface area contributed by atoms with E-state index in [4.69, 9.17) is 4.52 Å². The number of nitrogens with one attached hydrogen (secondary N) is 1. The highest BCUT2D eigenvalue weighted by atomic mass is 16.5. The Labute approximate surface area is 104 Å². The summed E-state index contributed by atoms with van der Waals surface area (Å²) in [5, 5.41) is 16.6. The molecule has 1 saturated heterocycles. The van der Waals surface area contributed by atoms with Crippen LogP contribution in [-0.2, 0) is 0 Å². The number of aryl methyl sites for hydroxylation is 1. The fraction of sp³-hybridized carbons (Fsp3) is 0.417. The average molecular weight is 246 g/mol. The van der Waals surface area contributed by atoms with Crippen molar-refractivity contribution in [3.05, 3.63) is 29.9 Å². The lowest BCUT2D eigenvalue weighted by Crippen LogP contribution is -2.15. The normalized spacial score (nSPS) is 23.4. The molecule has 6 nitrogen and oxygen atoms in total. The Kier molecular flexibility index (Phi) is 2.81. The maximum atomic E-state index is 9.47. The molecule has 0 aromatic carbocycles. The molecule has 0 bridgehead atoms. The molecule has 0 amide bonds. The molecule has 6 heteroatoms. The van der Waals surface area contributed by atoms with Gasteiger partial charge in [0.15, 0.2) is 0 Å². The number of rotatable bonds is 2. The largest absolute Gasteiger partial charge is 0.392 e. The number of aliphatic hydroxyl groups is 1. The van der Waals surface area contributed by atoms with Crippen molar-refractivity contribution in [1.29, 1.82) is 0 Å². The number of hydrogen-bond acceptors (Lipinski definition) is 6. The Morgan fingerprint density at radius 3 is 3.11 bits per heavy atom. The molecule has 1 aliphatic heterocycles. The van der Waals surface area contributed by atoms with Gasteiger partial charge in [-0.2, -0.15) is 4.98 Å². The number of pyridine rings is 1. The molecule has 94 valence electrons. The topological polar surface area (TPSA) is 84.1 Å². The monoisotopic (exact) mass is 246 g/mol. The Morgan fingerprint density at radius 1 is 1.50 bits per heavy atom. The minimum Gasteiger partial charge on any atom is -0.392 e. The molecular formula is C12H14N4O2. The molecule has 3 heterocycles. The number of β-amino-alcohol motifs (C(OH)–C–C–N with tert-alkyl or cyclic N) is 1. The molecule has 18 heavy (non-hydrogen) atoms. The fourth-order valence-electron chi connectivity index (χ4n) is 2.09. The van der Waals surface area contributed by atoms with Gasteiger partial charge in [0.1, 0.15) is 0 Å². The summed E-state index contributed by atoms with van der Waals surface area (Å²) in [7, 11) is 0. The molecule has 2 N–H and O–H groups in total. The van der Waals surface area contributed by atoms with Crippen LogP contribution in [0, 0.1) is 6.92 Å². The van der Waals surface area contributed by atoms with Crippen molar-refractivity contribution in [2.45, 2.75) is 25.5 Å². The van der Waals surface area contributed by atoms with Crippen LogP contribution in [0.4, 0.5) is 0 Å². The first-order valence-corrected chi connectivity index (χ1v) is 5.90. The molecule has 2 aromatic rings. The van der Waals surface area contributed by atoms with Gasteiger partial charge in [0.05, 0.1) is 12.1 Å². The van der Waals surface area contributed by atoms with Gasteiger partial charge >= 0.3 is 0 Å². The minimum atomic E-state index is -0.342. The highest BCUT2D eigenvalue weighted by molar-refractivity contribution is 5.57. The maximum Gasteiger partial charge on any atom is 0.244 e. The van der Waals surface area contributed by atoms with E-state index in [2.05, 4.69) is 20.4 Å². The van der Waals surface area contributed by atoms with E-state index < -0.39 is 0 Å². The van der Waals surface area contributed by atoms with Crippen LogP contribution >= 0.6 is 0 Å². The standard InChI is InChI=1S/C12H14N4O2/c1-7-2-3-13-6-9(7)11-15-12(18-16-11)10-4-8(17)5-14-10/h2-3,6,8,10,14,17H,4-5H2,1H3. The summed E-state index contributed by atoms with van der Waals surface area (Å²) < 4.78 is 5.24. The van der Waals surface area contributed by atoms with Crippen LogP contribution < -0.4 is 5.32 Å². The van der Waals surface area contributed by atoms with Gasteiger partial charge in [-0.1, -0.05) is 5.16 Å². The van der Waals surface area contributed by atoms with Crippen LogP contribution in [0.25, 0.3) is 11.4 Å². The third-order valence-corrected chi connectivity index (χ3v) is 3.13. The van der Waals surface area contributed by atoms with Crippen molar-refractivity contribution >= 4 is 0 Å². The number of aliphatic hydroxyl groups excluding tert-OH is 1. The SMILES string of the molecule is Cc1ccncc1-c1noc(C2CC(O)CN2)n1. The van der Waals surface area contributed by atoms with Crippen molar-refractivity contribution in [2.24, 2.45) is 0 Å².